The monoisotopic (exact) mass is 250 g/mol. The molecule has 98 valence electrons. The number of aryl methyl sites for hydroxylation is 1. The Kier molecular flexibility index (Phi) is 3.72. The summed E-state index contributed by atoms with van der Waals surface area (Å²) in [7, 11) is 3.24. The molecule has 3 N–H and O–H groups in total. The van der Waals surface area contributed by atoms with Crippen molar-refractivity contribution in [2.75, 3.05) is 20.8 Å². The number of primary amides is 1. The fourth-order valence-electron chi connectivity index (χ4n) is 2.37. The van der Waals surface area contributed by atoms with Gasteiger partial charge >= 0.3 is 0 Å². The van der Waals surface area contributed by atoms with E-state index in [2.05, 4.69) is 5.32 Å². The molecule has 1 amide bonds. The molecule has 0 fully saturated rings. The van der Waals surface area contributed by atoms with Gasteiger partial charge in [0.1, 0.15) is 0 Å². The van der Waals surface area contributed by atoms with Crippen LogP contribution in [-0.2, 0) is 11.2 Å². The smallest absolute Gasteiger partial charge is 0.231 e. The van der Waals surface area contributed by atoms with Crippen LogP contribution in [0.4, 0.5) is 0 Å². The summed E-state index contributed by atoms with van der Waals surface area (Å²) in [4.78, 5) is 10.8. The Hall–Kier alpha value is -1.75. The summed E-state index contributed by atoms with van der Waals surface area (Å²) >= 11 is 0. The van der Waals surface area contributed by atoms with Gasteiger partial charge in [-0.1, -0.05) is 0 Å². The van der Waals surface area contributed by atoms with Crippen LogP contribution < -0.4 is 20.5 Å². The van der Waals surface area contributed by atoms with E-state index >= 15 is 0 Å². The minimum absolute atomic E-state index is 0.160. The number of hydrogen-bond donors (Lipinski definition) is 2. The lowest BCUT2D eigenvalue weighted by Gasteiger charge is -2.15. The van der Waals surface area contributed by atoms with Crippen molar-refractivity contribution in [3.05, 3.63) is 23.3 Å². The van der Waals surface area contributed by atoms with Gasteiger partial charge in [0.2, 0.25) is 5.91 Å². The molecular weight excluding hydrogens is 232 g/mol. The maximum atomic E-state index is 10.8. The van der Waals surface area contributed by atoms with Gasteiger partial charge in [-0.05, 0) is 36.1 Å². The van der Waals surface area contributed by atoms with Crippen molar-refractivity contribution < 1.29 is 14.3 Å². The maximum absolute atomic E-state index is 10.8. The van der Waals surface area contributed by atoms with Crippen molar-refractivity contribution in [3.63, 3.8) is 0 Å². The molecule has 1 aromatic rings. The average Bonchev–Trinajstić information content (AvgIpc) is 2.76. The maximum Gasteiger partial charge on any atom is 0.231 e. The Morgan fingerprint density at radius 3 is 2.67 bits per heavy atom. The van der Waals surface area contributed by atoms with E-state index in [1.807, 2.05) is 12.1 Å². The summed E-state index contributed by atoms with van der Waals surface area (Å²) in [6.07, 6.45) is 1.92. The lowest BCUT2D eigenvalue weighted by Crippen LogP contribution is -2.30. The number of methoxy groups -OCH3 is 2. The standard InChI is InChI=1S/C13H18N2O3/c1-17-11-5-8-3-4-10(15-7-13(14)16)9(8)6-12(11)18-2/h5-6,10,15H,3-4,7H2,1-2H3,(H2,14,16). The Labute approximate surface area is 106 Å². The molecule has 0 bridgehead atoms. The molecular formula is C13H18N2O3. The van der Waals surface area contributed by atoms with Crippen molar-refractivity contribution in [3.8, 4) is 11.5 Å². The lowest BCUT2D eigenvalue weighted by molar-refractivity contribution is -0.117. The molecule has 0 saturated heterocycles. The summed E-state index contributed by atoms with van der Waals surface area (Å²) in [5, 5.41) is 3.16. The van der Waals surface area contributed by atoms with Crippen LogP contribution in [0.5, 0.6) is 11.5 Å². The summed E-state index contributed by atoms with van der Waals surface area (Å²) in [6, 6.07) is 4.13. The molecule has 2 rings (SSSR count). The first-order chi connectivity index (χ1) is 8.65. The topological polar surface area (TPSA) is 73.6 Å². The van der Waals surface area contributed by atoms with Gasteiger partial charge in [0, 0.05) is 6.04 Å². The molecule has 0 saturated carbocycles. The Morgan fingerprint density at radius 2 is 2.06 bits per heavy atom. The molecule has 5 heteroatoms. The van der Waals surface area contributed by atoms with Gasteiger partial charge in [-0.25, -0.2) is 0 Å². The van der Waals surface area contributed by atoms with E-state index in [0.29, 0.717) is 5.75 Å². The first-order valence-corrected chi connectivity index (χ1v) is 5.92. The molecule has 0 heterocycles. The third-order valence-corrected chi connectivity index (χ3v) is 3.25. The van der Waals surface area contributed by atoms with E-state index in [0.717, 1.165) is 24.2 Å². The second-order valence-electron chi connectivity index (χ2n) is 4.34. The SMILES string of the molecule is COc1cc2c(cc1OC)C(NCC(N)=O)CC2. The largest absolute Gasteiger partial charge is 0.493 e. The quantitative estimate of drug-likeness (QED) is 0.809. The van der Waals surface area contributed by atoms with Gasteiger partial charge in [-0.3, -0.25) is 4.79 Å². The Morgan fingerprint density at radius 1 is 1.39 bits per heavy atom. The minimum Gasteiger partial charge on any atom is -0.493 e. The zero-order chi connectivity index (χ0) is 13.1. The molecule has 0 radical (unpaired) electrons. The number of fused-ring (bicyclic) bond motifs is 1. The van der Waals surface area contributed by atoms with Crippen molar-refractivity contribution >= 4 is 5.91 Å². The highest BCUT2D eigenvalue weighted by Gasteiger charge is 2.24. The number of amides is 1. The van der Waals surface area contributed by atoms with Gasteiger partial charge in [-0.2, -0.15) is 0 Å². The van der Waals surface area contributed by atoms with Crippen molar-refractivity contribution in [2.24, 2.45) is 5.73 Å². The molecule has 1 aliphatic carbocycles. The highest BCUT2D eigenvalue weighted by molar-refractivity contribution is 5.76. The number of rotatable bonds is 5. The minimum atomic E-state index is -0.344. The molecule has 0 aromatic heterocycles. The summed E-state index contributed by atoms with van der Waals surface area (Å²) in [5.41, 5.74) is 7.54. The third kappa shape index (κ3) is 2.41. The fraction of sp³-hybridized carbons (Fsp3) is 0.462. The van der Waals surface area contributed by atoms with E-state index in [9.17, 15) is 4.79 Å². The molecule has 1 aromatic carbocycles. The number of ether oxygens (including phenoxy) is 2. The van der Waals surface area contributed by atoms with Crippen molar-refractivity contribution in [2.45, 2.75) is 18.9 Å². The Balaban J connectivity index is 2.23. The van der Waals surface area contributed by atoms with Crippen molar-refractivity contribution in [1.29, 1.82) is 0 Å². The number of carbonyl (C=O) groups is 1. The second kappa shape index (κ2) is 5.27. The van der Waals surface area contributed by atoms with Crippen molar-refractivity contribution in [1.82, 2.24) is 5.32 Å². The van der Waals surface area contributed by atoms with Gasteiger partial charge in [0.15, 0.2) is 11.5 Å². The first kappa shape index (κ1) is 12.7. The van der Waals surface area contributed by atoms with E-state index in [1.54, 1.807) is 14.2 Å². The summed E-state index contributed by atoms with van der Waals surface area (Å²) < 4.78 is 10.6. The molecule has 0 aliphatic heterocycles. The third-order valence-electron chi connectivity index (χ3n) is 3.25. The number of hydrogen-bond acceptors (Lipinski definition) is 4. The van der Waals surface area contributed by atoms with Gasteiger partial charge in [0.05, 0.1) is 20.8 Å². The number of benzene rings is 1. The van der Waals surface area contributed by atoms with Crippen LogP contribution in [0, 0.1) is 0 Å². The second-order valence-corrected chi connectivity index (χ2v) is 4.34. The van der Waals surface area contributed by atoms with E-state index < -0.39 is 0 Å². The van der Waals surface area contributed by atoms with Crippen LogP contribution in [0.15, 0.2) is 12.1 Å². The highest BCUT2D eigenvalue weighted by atomic mass is 16.5. The van der Waals surface area contributed by atoms with Crippen LogP contribution in [0.25, 0.3) is 0 Å². The van der Waals surface area contributed by atoms with Gasteiger partial charge < -0.3 is 20.5 Å². The average molecular weight is 250 g/mol. The van der Waals surface area contributed by atoms with Gasteiger partial charge in [0.25, 0.3) is 0 Å². The summed E-state index contributed by atoms with van der Waals surface area (Å²) in [6.45, 7) is 0.193. The lowest BCUT2D eigenvalue weighted by atomic mass is 10.1. The molecule has 18 heavy (non-hydrogen) atoms. The summed E-state index contributed by atoms with van der Waals surface area (Å²) in [5.74, 6) is 1.11. The van der Waals surface area contributed by atoms with Crippen LogP contribution in [-0.4, -0.2) is 26.7 Å². The first-order valence-electron chi connectivity index (χ1n) is 5.92. The highest BCUT2D eigenvalue weighted by Crippen LogP contribution is 2.39. The van der Waals surface area contributed by atoms with E-state index in [1.165, 1.54) is 5.56 Å². The zero-order valence-electron chi connectivity index (χ0n) is 10.7. The molecule has 1 unspecified atom stereocenters. The predicted molar refractivity (Wildman–Crippen MR) is 67.8 cm³/mol. The Bertz CT molecular complexity index is 460. The number of nitrogens with two attached hydrogens (primary N) is 1. The van der Waals surface area contributed by atoms with Crippen LogP contribution in [0.2, 0.25) is 0 Å². The molecule has 5 nitrogen and oxygen atoms in total. The molecule has 0 spiro atoms. The normalized spacial score (nSPS) is 17.3. The van der Waals surface area contributed by atoms with Gasteiger partial charge in [-0.15, -0.1) is 0 Å². The molecule has 1 aliphatic rings. The molecule has 1 atom stereocenters. The number of carbonyl (C=O) groups excluding carboxylic acids is 1. The van der Waals surface area contributed by atoms with Crippen LogP contribution >= 0.6 is 0 Å². The number of nitrogens with one attached hydrogen (secondary N) is 1. The van der Waals surface area contributed by atoms with Crippen LogP contribution in [0.3, 0.4) is 0 Å². The fourth-order valence-corrected chi connectivity index (χ4v) is 2.37. The predicted octanol–water partition coefficient (Wildman–Crippen LogP) is 0.766. The van der Waals surface area contributed by atoms with E-state index in [-0.39, 0.29) is 18.5 Å². The van der Waals surface area contributed by atoms with E-state index in [4.69, 9.17) is 15.2 Å². The zero-order valence-corrected chi connectivity index (χ0v) is 10.7. The van der Waals surface area contributed by atoms with Crippen LogP contribution in [0.1, 0.15) is 23.6 Å².